The number of aromatic carboxylic acids is 1. The molecule has 150 valence electrons. The average molecular weight is 394 g/mol. The molecule has 3 aromatic rings. The van der Waals surface area contributed by atoms with E-state index in [1.54, 1.807) is 37.5 Å². The largest absolute Gasteiger partial charge is 0.478 e. The predicted octanol–water partition coefficient (Wildman–Crippen LogP) is 2.90. The summed E-state index contributed by atoms with van der Waals surface area (Å²) in [5, 5.41) is 20.4. The lowest BCUT2D eigenvalue weighted by atomic mass is 9.95. The van der Waals surface area contributed by atoms with Crippen LogP contribution in [0.4, 0.5) is 11.4 Å². The molecule has 2 aromatic carbocycles. The fourth-order valence-corrected chi connectivity index (χ4v) is 3.83. The van der Waals surface area contributed by atoms with Crippen molar-refractivity contribution in [1.82, 2.24) is 15.5 Å². The van der Waals surface area contributed by atoms with E-state index >= 15 is 0 Å². The number of ether oxygens (including phenoxy) is 1. The van der Waals surface area contributed by atoms with Gasteiger partial charge < -0.3 is 20.1 Å². The molecule has 3 N–H and O–H groups in total. The maximum absolute atomic E-state index is 12.6. The Morgan fingerprint density at radius 2 is 2.10 bits per heavy atom. The summed E-state index contributed by atoms with van der Waals surface area (Å²) in [4.78, 5) is 26.3. The van der Waals surface area contributed by atoms with Gasteiger partial charge in [-0.3, -0.25) is 9.89 Å². The number of anilines is 2. The van der Waals surface area contributed by atoms with Gasteiger partial charge in [-0.2, -0.15) is 5.10 Å². The Bertz CT molecular complexity index is 1050. The molecule has 1 aliphatic heterocycles. The summed E-state index contributed by atoms with van der Waals surface area (Å²) in [6, 6.07) is 12.4. The van der Waals surface area contributed by atoms with E-state index in [0.29, 0.717) is 18.7 Å². The van der Waals surface area contributed by atoms with Crippen LogP contribution in [0.3, 0.4) is 0 Å². The van der Waals surface area contributed by atoms with Crippen LogP contribution in [0, 0.1) is 5.92 Å². The van der Waals surface area contributed by atoms with E-state index in [-0.39, 0.29) is 11.5 Å². The maximum atomic E-state index is 12.6. The van der Waals surface area contributed by atoms with E-state index in [2.05, 4.69) is 15.5 Å². The molecule has 2 atom stereocenters. The summed E-state index contributed by atoms with van der Waals surface area (Å²) < 4.78 is 6.06. The van der Waals surface area contributed by atoms with Gasteiger partial charge >= 0.3 is 5.97 Å². The number of aromatic nitrogens is 2. The number of para-hydroxylation sites is 1. The number of carboxylic acid groups (broad SMARTS) is 1. The lowest BCUT2D eigenvalue weighted by molar-refractivity contribution is -0.133. The molecule has 1 fully saturated rings. The van der Waals surface area contributed by atoms with Crippen LogP contribution in [0.25, 0.3) is 10.9 Å². The van der Waals surface area contributed by atoms with Gasteiger partial charge in [-0.1, -0.05) is 12.1 Å². The topological polar surface area (TPSA) is 108 Å². The van der Waals surface area contributed by atoms with Crippen molar-refractivity contribution in [1.29, 1.82) is 0 Å². The van der Waals surface area contributed by atoms with Crippen molar-refractivity contribution >= 4 is 34.2 Å². The molecule has 0 aliphatic carbocycles. The first-order valence-electron chi connectivity index (χ1n) is 9.48. The van der Waals surface area contributed by atoms with E-state index in [4.69, 9.17) is 4.74 Å². The molecule has 8 nitrogen and oxygen atoms in total. The average Bonchev–Trinajstić information content (AvgIpc) is 3.22. The van der Waals surface area contributed by atoms with Gasteiger partial charge in [0.1, 0.15) is 6.23 Å². The Balaban J connectivity index is 1.89. The lowest BCUT2D eigenvalue weighted by Gasteiger charge is -2.40. The van der Waals surface area contributed by atoms with Gasteiger partial charge in [0.15, 0.2) is 0 Å². The molecule has 2 unspecified atom stereocenters. The molecular formula is C21H22N4O4. The van der Waals surface area contributed by atoms with Gasteiger partial charge in [0.25, 0.3) is 0 Å². The van der Waals surface area contributed by atoms with Crippen LogP contribution in [0.2, 0.25) is 0 Å². The molecule has 4 rings (SSSR count). The van der Waals surface area contributed by atoms with Crippen LogP contribution < -0.4 is 10.2 Å². The Morgan fingerprint density at radius 1 is 1.28 bits per heavy atom. The first-order chi connectivity index (χ1) is 14.1. The number of nitrogens with zero attached hydrogens (tertiary/aromatic N) is 2. The van der Waals surface area contributed by atoms with Gasteiger partial charge in [-0.15, -0.1) is 0 Å². The molecular weight excluding hydrogens is 372 g/mol. The van der Waals surface area contributed by atoms with Crippen LogP contribution in [0.15, 0.2) is 48.7 Å². The standard InChI is InChI=1S/C21H22N4O4/c1-22-19(26)16-6-4-10-29-20(16)25(18-7-3-2-5-15(18)21(27)28)14-9-8-13-12-23-24-17(13)11-14/h2-3,5,7-9,11-12,16,20H,4,6,10H2,1H3,(H,22,26)(H,23,24)(H,27,28). The highest BCUT2D eigenvalue weighted by atomic mass is 16.5. The number of rotatable bonds is 5. The number of aromatic amines is 1. The highest BCUT2D eigenvalue weighted by Gasteiger charge is 2.38. The lowest BCUT2D eigenvalue weighted by Crippen LogP contribution is -2.49. The Morgan fingerprint density at radius 3 is 2.90 bits per heavy atom. The summed E-state index contributed by atoms with van der Waals surface area (Å²) in [7, 11) is 1.60. The van der Waals surface area contributed by atoms with Gasteiger partial charge in [0.2, 0.25) is 5.91 Å². The molecule has 29 heavy (non-hydrogen) atoms. The summed E-state index contributed by atoms with van der Waals surface area (Å²) in [5.41, 5.74) is 2.14. The normalized spacial score (nSPS) is 19.1. The quantitative estimate of drug-likeness (QED) is 0.614. The molecule has 1 aliphatic rings. The van der Waals surface area contributed by atoms with Crippen molar-refractivity contribution in [3.05, 3.63) is 54.2 Å². The second-order valence-electron chi connectivity index (χ2n) is 6.96. The first kappa shape index (κ1) is 18.9. The Hall–Kier alpha value is -3.39. The minimum absolute atomic E-state index is 0.130. The summed E-state index contributed by atoms with van der Waals surface area (Å²) in [6.45, 7) is 0.496. The number of carbonyl (C=O) groups excluding carboxylic acids is 1. The van der Waals surface area contributed by atoms with Crippen molar-refractivity contribution in [2.45, 2.75) is 19.1 Å². The third-order valence-electron chi connectivity index (χ3n) is 5.23. The first-order valence-corrected chi connectivity index (χ1v) is 9.48. The van der Waals surface area contributed by atoms with E-state index in [1.807, 2.05) is 23.1 Å². The SMILES string of the molecule is CNC(=O)C1CCCOC1N(c1ccc2cn[nH]c2c1)c1ccccc1C(=O)O. The van der Waals surface area contributed by atoms with Crippen molar-refractivity contribution in [2.75, 3.05) is 18.6 Å². The number of nitrogens with one attached hydrogen (secondary N) is 2. The van der Waals surface area contributed by atoms with Crippen LogP contribution in [-0.2, 0) is 9.53 Å². The second-order valence-corrected chi connectivity index (χ2v) is 6.96. The summed E-state index contributed by atoms with van der Waals surface area (Å²) in [5.74, 6) is -1.61. The van der Waals surface area contributed by atoms with Gasteiger partial charge in [0.05, 0.1) is 28.9 Å². The number of amides is 1. The van der Waals surface area contributed by atoms with Crippen LogP contribution in [-0.4, -0.2) is 47.1 Å². The predicted molar refractivity (Wildman–Crippen MR) is 108 cm³/mol. The number of fused-ring (bicyclic) bond motifs is 1. The molecule has 0 spiro atoms. The molecule has 2 heterocycles. The number of carbonyl (C=O) groups is 2. The van der Waals surface area contributed by atoms with Gasteiger partial charge in [-0.25, -0.2) is 4.79 Å². The molecule has 0 saturated carbocycles. The summed E-state index contributed by atoms with van der Waals surface area (Å²) >= 11 is 0. The Kier molecular flexibility index (Phi) is 5.18. The minimum Gasteiger partial charge on any atom is -0.478 e. The number of carboxylic acids is 1. The maximum Gasteiger partial charge on any atom is 0.337 e. The molecule has 1 aromatic heterocycles. The van der Waals surface area contributed by atoms with E-state index in [0.717, 1.165) is 23.0 Å². The minimum atomic E-state index is -1.04. The van der Waals surface area contributed by atoms with Crippen molar-refractivity contribution < 1.29 is 19.4 Å². The second kappa shape index (κ2) is 7.92. The molecule has 1 saturated heterocycles. The fourth-order valence-electron chi connectivity index (χ4n) is 3.83. The van der Waals surface area contributed by atoms with Crippen LogP contribution >= 0.6 is 0 Å². The highest BCUT2D eigenvalue weighted by Crippen LogP contribution is 2.37. The third kappa shape index (κ3) is 3.54. The van der Waals surface area contributed by atoms with E-state index < -0.39 is 18.1 Å². The van der Waals surface area contributed by atoms with Crippen LogP contribution in [0.1, 0.15) is 23.2 Å². The highest BCUT2D eigenvalue weighted by molar-refractivity contribution is 5.96. The van der Waals surface area contributed by atoms with E-state index in [9.17, 15) is 14.7 Å². The molecule has 0 bridgehead atoms. The summed E-state index contributed by atoms with van der Waals surface area (Å²) in [6.07, 6.45) is 2.51. The number of hydrogen-bond donors (Lipinski definition) is 3. The number of hydrogen-bond acceptors (Lipinski definition) is 5. The Labute approximate surface area is 167 Å². The zero-order valence-corrected chi connectivity index (χ0v) is 16.0. The van der Waals surface area contributed by atoms with Crippen molar-refractivity contribution in [2.24, 2.45) is 5.92 Å². The van der Waals surface area contributed by atoms with Crippen LogP contribution in [0.5, 0.6) is 0 Å². The van der Waals surface area contributed by atoms with Crippen molar-refractivity contribution in [3.63, 3.8) is 0 Å². The fraction of sp³-hybridized carbons (Fsp3) is 0.286. The van der Waals surface area contributed by atoms with E-state index in [1.165, 1.54) is 0 Å². The molecule has 8 heteroatoms. The van der Waals surface area contributed by atoms with Gasteiger partial charge in [0, 0.05) is 24.7 Å². The monoisotopic (exact) mass is 394 g/mol. The number of H-pyrrole nitrogens is 1. The third-order valence-corrected chi connectivity index (χ3v) is 5.23. The zero-order chi connectivity index (χ0) is 20.4. The molecule has 1 amide bonds. The van der Waals surface area contributed by atoms with Gasteiger partial charge in [-0.05, 0) is 43.2 Å². The molecule has 0 radical (unpaired) electrons. The van der Waals surface area contributed by atoms with Crippen molar-refractivity contribution in [3.8, 4) is 0 Å². The number of benzene rings is 2. The zero-order valence-electron chi connectivity index (χ0n) is 16.0. The smallest absolute Gasteiger partial charge is 0.337 e.